The van der Waals surface area contributed by atoms with E-state index in [1.807, 2.05) is 0 Å². The molecule has 0 heterocycles. The second-order valence-electron chi connectivity index (χ2n) is 5.17. The highest BCUT2D eigenvalue weighted by Gasteiger charge is 2.33. The van der Waals surface area contributed by atoms with E-state index in [4.69, 9.17) is 0 Å². The molecule has 26 heavy (non-hydrogen) atoms. The van der Waals surface area contributed by atoms with E-state index in [9.17, 15) is 32.8 Å². The number of hydrogen-bond donors (Lipinski definition) is 2. The summed E-state index contributed by atoms with van der Waals surface area (Å²) in [6, 6.07) is 5.14. The highest BCUT2D eigenvalue weighted by molar-refractivity contribution is 6.03. The second kappa shape index (κ2) is 7.38. The Hall–Kier alpha value is -3.17. The summed E-state index contributed by atoms with van der Waals surface area (Å²) in [7, 11) is 0. The molecule has 6 nitrogen and oxygen atoms in total. The van der Waals surface area contributed by atoms with Crippen LogP contribution < -0.4 is 5.43 Å². The maximum absolute atomic E-state index is 13.4. The molecule has 0 radical (unpaired) electrons. The number of hydrazone groups is 1. The molecule has 0 aromatic heterocycles. The number of nitrogens with zero attached hydrogens (tertiary/aromatic N) is 2. The topological polar surface area (TPSA) is 87.8 Å². The number of halogens is 4. The predicted molar refractivity (Wildman–Crippen MR) is 86.6 cm³/mol. The number of anilines is 1. The molecule has 0 unspecified atom stereocenters. The molecular weight excluding hydrogens is 358 g/mol. The lowest BCUT2D eigenvalue weighted by Crippen LogP contribution is -2.08. The summed E-state index contributed by atoms with van der Waals surface area (Å²) in [6.07, 6.45) is -4.51. The molecule has 138 valence electrons. The smallest absolute Gasteiger partial charge is 0.416 e. The Balaban J connectivity index is 2.41. The van der Waals surface area contributed by atoms with Crippen molar-refractivity contribution in [1.29, 1.82) is 0 Å². The molecule has 0 amide bonds. The fraction of sp³-hybridized carbons (Fsp3) is 0.188. The molecule has 0 saturated carbocycles. The van der Waals surface area contributed by atoms with E-state index >= 15 is 0 Å². The van der Waals surface area contributed by atoms with Gasteiger partial charge in [-0.3, -0.25) is 15.5 Å². The Labute approximate surface area is 144 Å². The first-order valence-corrected chi connectivity index (χ1v) is 7.30. The first-order chi connectivity index (χ1) is 12.1. The van der Waals surface area contributed by atoms with E-state index in [0.29, 0.717) is 12.1 Å². The molecule has 0 saturated heterocycles. The van der Waals surface area contributed by atoms with Gasteiger partial charge in [-0.2, -0.15) is 18.3 Å². The van der Waals surface area contributed by atoms with Crippen LogP contribution in [0.15, 0.2) is 41.5 Å². The van der Waals surface area contributed by atoms with Gasteiger partial charge in [0, 0.05) is 11.6 Å². The van der Waals surface area contributed by atoms with Crippen LogP contribution in [0.2, 0.25) is 0 Å². The van der Waals surface area contributed by atoms with Crippen LogP contribution in [0.5, 0.6) is 5.75 Å². The summed E-state index contributed by atoms with van der Waals surface area (Å²) >= 11 is 0. The zero-order valence-corrected chi connectivity index (χ0v) is 13.3. The molecule has 0 aliphatic carbocycles. The number of alkyl halides is 3. The number of aromatic hydroxyl groups is 1. The van der Waals surface area contributed by atoms with Gasteiger partial charge in [-0.05, 0) is 36.8 Å². The molecule has 2 aromatic carbocycles. The minimum atomic E-state index is -4.73. The number of phenolic OH excluding ortho intramolecular Hbond substituents is 1. The van der Waals surface area contributed by atoms with E-state index < -0.39 is 28.2 Å². The molecule has 2 N–H and O–H groups in total. The van der Waals surface area contributed by atoms with Crippen LogP contribution >= 0.6 is 0 Å². The largest absolute Gasteiger partial charge is 0.507 e. The number of benzene rings is 2. The van der Waals surface area contributed by atoms with Crippen molar-refractivity contribution >= 4 is 17.1 Å². The Bertz CT molecular complexity index is 866. The van der Waals surface area contributed by atoms with Gasteiger partial charge in [0.05, 0.1) is 16.2 Å². The van der Waals surface area contributed by atoms with Crippen molar-refractivity contribution in [2.45, 2.75) is 19.5 Å². The molecule has 0 aliphatic heterocycles. The molecule has 0 fully saturated rings. The van der Waals surface area contributed by atoms with Crippen molar-refractivity contribution in [3.63, 3.8) is 0 Å². The maximum atomic E-state index is 13.4. The van der Waals surface area contributed by atoms with Crippen molar-refractivity contribution < 1.29 is 27.6 Å². The van der Waals surface area contributed by atoms with Crippen LogP contribution in [-0.4, -0.2) is 15.7 Å². The third kappa shape index (κ3) is 4.26. The van der Waals surface area contributed by atoms with Gasteiger partial charge >= 0.3 is 6.18 Å². The van der Waals surface area contributed by atoms with Gasteiger partial charge in [0.2, 0.25) is 0 Å². The summed E-state index contributed by atoms with van der Waals surface area (Å²) < 4.78 is 51.5. The number of nitrogens with one attached hydrogen (secondary N) is 1. The van der Waals surface area contributed by atoms with Crippen molar-refractivity contribution in [3.05, 3.63) is 63.5 Å². The maximum Gasteiger partial charge on any atom is 0.416 e. The average molecular weight is 371 g/mol. The third-order valence-electron chi connectivity index (χ3n) is 3.44. The fourth-order valence-corrected chi connectivity index (χ4v) is 2.15. The van der Waals surface area contributed by atoms with Gasteiger partial charge in [0.1, 0.15) is 17.3 Å². The second-order valence-corrected chi connectivity index (χ2v) is 5.17. The first kappa shape index (κ1) is 19.2. The SMILES string of the molecule is CC/C(=N\Nc1ccc(C(F)(F)F)cc1[N+](=O)[O-])c1cc(F)ccc1O. The van der Waals surface area contributed by atoms with Crippen LogP contribution in [-0.2, 0) is 6.18 Å². The summed E-state index contributed by atoms with van der Waals surface area (Å²) in [5, 5.41) is 24.7. The molecule has 0 bridgehead atoms. The zero-order valence-electron chi connectivity index (χ0n) is 13.3. The van der Waals surface area contributed by atoms with E-state index in [2.05, 4.69) is 10.5 Å². The molecule has 0 aliphatic rings. The molecule has 10 heteroatoms. The van der Waals surface area contributed by atoms with Crippen LogP contribution in [0.25, 0.3) is 0 Å². The average Bonchev–Trinajstić information content (AvgIpc) is 2.57. The fourth-order valence-electron chi connectivity index (χ4n) is 2.15. The lowest BCUT2D eigenvalue weighted by molar-refractivity contribution is -0.384. The van der Waals surface area contributed by atoms with Crippen molar-refractivity contribution in [1.82, 2.24) is 0 Å². The third-order valence-corrected chi connectivity index (χ3v) is 3.44. The lowest BCUT2D eigenvalue weighted by Gasteiger charge is -2.10. The number of rotatable bonds is 5. The van der Waals surface area contributed by atoms with Gasteiger partial charge in [-0.25, -0.2) is 4.39 Å². The van der Waals surface area contributed by atoms with Crippen LogP contribution in [0.4, 0.5) is 28.9 Å². The predicted octanol–water partition coefficient (Wildman–Crippen LogP) is 4.68. The highest BCUT2D eigenvalue weighted by atomic mass is 19.4. The van der Waals surface area contributed by atoms with Gasteiger partial charge in [0.15, 0.2) is 0 Å². The van der Waals surface area contributed by atoms with E-state index in [0.717, 1.165) is 24.3 Å². The van der Waals surface area contributed by atoms with Gasteiger partial charge in [-0.1, -0.05) is 6.92 Å². The lowest BCUT2D eigenvalue weighted by atomic mass is 10.1. The van der Waals surface area contributed by atoms with Crippen LogP contribution in [0.3, 0.4) is 0 Å². The standard InChI is InChI=1S/C16H13F4N3O3/c1-2-12(11-8-10(17)4-6-15(11)24)21-22-13-5-3-9(16(18,19)20)7-14(13)23(25)26/h3-8,22,24H,2H2,1H3/b21-12+. The molecule has 0 atom stereocenters. The van der Waals surface area contributed by atoms with E-state index in [1.54, 1.807) is 6.92 Å². The summed E-state index contributed by atoms with van der Waals surface area (Å²) in [4.78, 5) is 10.1. The Kier molecular flexibility index (Phi) is 5.44. The Morgan fingerprint density at radius 1 is 1.27 bits per heavy atom. The molecule has 2 aromatic rings. The first-order valence-electron chi connectivity index (χ1n) is 7.30. The molecule has 0 spiro atoms. The van der Waals surface area contributed by atoms with Crippen molar-refractivity contribution in [3.8, 4) is 5.75 Å². The van der Waals surface area contributed by atoms with Crippen molar-refractivity contribution in [2.75, 3.05) is 5.43 Å². The molecule has 2 rings (SSSR count). The van der Waals surface area contributed by atoms with Crippen LogP contribution in [0.1, 0.15) is 24.5 Å². The van der Waals surface area contributed by atoms with E-state index in [1.165, 1.54) is 0 Å². The number of nitro benzene ring substituents is 1. The van der Waals surface area contributed by atoms with Gasteiger partial charge < -0.3 is 5.11 Å². The number of phenols is 1. The van der Waals surface area contributed by atoms with Gasteiger partial charge in [-0.15, -0.1) is 0 Å². The zero-order chi connectivity index (χ0) is 19.5. The van der Waals surface area contributed by atoms with Crippen LogP contribution in [0, 0.1) is 15.9 Å². The number of hydrogen-bond acceptors (Lipinski definition) is 5. The Morgan fingerprint density at radius 3 is 2.54 bits per heavy atom. The minimum absolute atomic E-state index is 0.0644. The Morgan fingerprint density at radius 2 is 1.96 bits per heavy atom. The molecular formula is C16H13F4N3O3. The normalized spacial score (nSPS) is 12.1. The summed E-state index contributed by atoms with van der Waals surface area (Å²) in [6.45, 7) is 1.64. The number of nitro groups is 1. The van der Waals surface area contributed by atoms with Crippen molar-refractivity contribution in [2.24, 2.45) is 5.10 Å². The van der Waals surface area contributed by atoms with E-state index in [-0.39, 0.29) is 29.1 Å². The quantitative estimate of drug-likeness (QED) is 0.346. The monoisotopic (exact) mass is 371 g/mol. The summed E-state index contributed by atoms with van der Waals surface area (Å²) in [5.74, 6) is -0.879. The minimum Gasteiger partial charge on any atom is -0.507 e. The summed E-state index contributed by atoms with van der Waals surface area (Å²) in [5.41, 5.74) is 0.283. The highest BCUT2D eigenvalue weighted by Crippen LogP contribution is 2.35. The van der Waals surface area contributed by atoms with Gasteiger partial charge in [0.25, 0.3) is 5.69 Å².